The lowest BCUT2D eigenvalue weighted by molar-refractivity contribution is 0.0490. The zero-order valence-corrected chi connectivity index (χ0v) is 8.23. The van der Waals surface area contributed by atoms with Crippen molar-refractivity contribution in [1.82, 2.24) is 4.98 Å². The molecule has 0 radical (unpaired) electrons. The summed E-state index contributed by atoms with van der Waals surface area (Å²) in [6, 6.07) is 6.19. The highest BCUT2D eigenvalue weighted by atomic mass is 16.5. The van der Waals surface area contributed by atoms with Gasteiger partial charge in [-0.3, -0.25) is 4.98 Å². The molecule has 0 amide bonds. The predicted molar refractivity (Wildman–Crippen MR) is 54.8 cm³/mol. The molecular formula is C11H16N2O. The van der Waals surface area contributed by atoms with Crippen LogP contribution in [0.1, 0.15) is 12.1 Å². The highest BCUT2D eigenvalue weighted by Crippen LogP contribution is 2.18. The van der Waals surface area contributed by atoms with Crippen LogP contribution in [-0.2, 0) is 11.2 Å². The van der Waals surface area contributed by atoms with Crippen LogP contribution in [0.5, 0.6) is 0 Å². The van der Waals surface area contributed by atoms with E-state index in [0.717, 1.165) is 25.1 Å². The van der Waals surface area contributed by atoms with Gasteiger partial charge >= 0.3 is 0 Å². The fourth-order valence-corrected chi connectivity index (χ4v) is 1.85. The van der Waals surface area contributed by atoms with Gasteiger partial charge in [-0.15, -0.1) is 0 Å². The molecule has 3 nitrogen and oxygen atoms in total. The van der Waals surface area contributed by atoms with E-state index in [0.29, 0.717) is 12.5 Å². The van der Waals surface area contributed by atoms with Crippen molar-refractivity contribution in [3.8, 4) is 0 Å². The van der Waals surface area contributed by atoms with E-state index in [4.69, 9.17) is 10.5 Å². The molecule has 2 rings (SSSR count). The number of hydrogen-bond acceptors (Lipinski definition) is 3. The SMILES string of the molecule is NC1COCCC1Cc1ccccn1. The molecule has 1 aliphatic rings. The lowest BCUT2D eigenvalue weighted by atomic mass is 9.91. The minimum absolute atomic E-state index is 0.172. The van der Waals surface area contributed by atoms with E-state index in [-0.39, 0.29) is 6.04 Å². The molecule has 1 aliphatic heterocycles. The zero-order chi connectivity index (χ0) is 9.80. The second kappa shape index (κ2) is 4.53. The summed E-state index contributed by atoms with van der Waals surface area (Å²) in [5.41, 5.74) is 7.11. The van der Waals surface area contributed by atoms with Crippen LogP contribution in [0.25, 0.3) is 0 Å². The number of nitrogens with two attached hydrogens (primary N) is 1. The van der Waals surface area contributed by atoms with E-state index >= 15 is 0 Å². The number of hydrogen-bond donors (Lipinski definition) is 1. The molecule has 0 spiro atoms. The highest BCUT2D eigenvalue weighted by Gasteiger charge is 2.22. The van der Waals surface area contributed by atoms with Crippen LogP contribution >= 0.6 is 0 Å². The van der Waals surface area contributed by atoms with Crippen molar-refractivity contribution in [1.29, 1.82) is 0 Å². The minimum atomic E-state index is 0.172. The molecule has 76 valence electrons. The summed E-state index contributed by atoms with van der Waals surface area (Å²) in [6.07, 6.45) is 3.86. The first-order valence-corrected chi connectivity index (χ1v) is 5.09. The summed E-state index contributed by atoms with van der Waals surface area (Å²) in [5.74, 6) is 0.527. The van der Waals surface area contributed by atoms with Gasteiger partial charge in [0.05, 0.1) is 6.61 Å². The Kier molecular flexibility index (Phi) is 3.11. The van der Waals surface area contributed by atoms with E-state index in [1.807, 2.05) is 18.3 Å². The second-order valence-corrected chi connectivity index (χ2v) is 3.81. The zero-order valence-electron chi connectivity index (χ0n) is 8.23. The van der Waals surface area contributed by atoms with Gasteiger partial charge in [-0.25, -0.2) is 0 Å². The topological polar surface area (TPSA) is 48.1 Å². The molecule has 2 N–H and O–H groups in total. The van der Waals surface area contributed by atoms with Crippen LogP contribution in [0.3, 0.4) is 0 Å². The van der Waals surface area contributed by atoms with E-state index < -0.39 is 0 Å². The number of aromatic nitrogens is 1. The second-order valence-electron chi connectivity index (χ2n) is 3.81. The Bertz CT molecular complexity index is 276. The van der Waals surface area contributed by atoms with Crippen LogP contribution in [0.15, 0.2) is 24.4 Å². The summed E-state index contributed by atoms with van der Waals surface area (Å²) < 4.78 is 5.30. The first-order chi connectivity index (χ1) is 6.86. The van der Waals surface area contributed by atoms with Crippen molar-refractivity contribution in [3.05, 3.63) is 30.1 Å². The minimum Gasteiger partial charge on any atom is -0.380 e. The maximum absolute atomic E-state index is 5.97. The highest BCUT2D eigenvalue weighted by molar-refractivity contribution is 5.05. The Morgan fingerprint density at radius 2 is 2.43 bits per heavy atom. The first-order valence-electron chi connectivity index (χ1n) is 5.09. The van der Waals surface area contributed by atoms with Crippen molar-refractivity contribution in [2.24, 2.45) is 11.7 Å². The van der Waals surface area contributed by atoms with Crippen molar-refractivity contribution < 1.29 is 4.74 Å². The quantitative estimate of drug-likeness (QED) is 0.760. The van der Waals surface area contributed by atoms with Gasteiger partial charge in [-0.05, 0) is 30.9 Å². The van der Waals surface area contributed by atoms with Crippen molar-refractivity contribution in [2.75, 3.05) is 13.2 Å². The van der Waals surface area contributed by atoms with E-state index in [1.165, 1.54) is 0 Å². The van der Waals surface area contributed by atoms with Crippen LogP contribution in [0, 0.1) is 5.92 Å². The molecule has 2 atom stereocenters. The molecule has 3 heteroatoms. The average Bonchev–Trinajstić information content (AvgIpc) is 2.23. The van der Waals surface area contributed by atoms with Gasteiger partial charge in [0, 0.05) is 24.5 Å². The smallest absolute Gasteiger partial charge is 0.0620 e. The van der Waals surface area contributed by atoms with Crippen molar-refractivity contribution in [2.45, 2.75) is 18.9 Å². The lowest BCUT2D eigenvalue weighted by Crippen LogP contribution is -2.40. The van der Waals surface area contributed by atoms with Gasteiger partial charge in [0.15, 0.2) is 0 Å². The Balaban J connectivity index is 1.96. The van der Waals surface area contributed by atoms with Gasteiger partial charge in [0.2, 0.25) is 0 Å². The Hall–Kier alpha value is -0.930. The van der Waals surface area contributed by atoms with E-state index in [2.05, 4.69) is 11.1 Å². The molecule has 1 aromatic rings. The third-order valence-electron chi connectivity index (χ3n) is 2.75. The normalized spacial score (nSPS) is 27.5. The number of rotatable bonds is 2. The predicted octanol–water partition coefficient (Wildman–Crippen LogP) is 0.988. The maximum atomic E-state index is 5.97. The average molecular weight is 192 g/mol. The molecule has 0 aliphatic carbocycles. The number of pyridine rings is 1. The fourth-order valence-electron chi connectivity index (χ4n) is 1.85. The molecular weight excluding hydrogens is 176 g/mol. The molecule has 1 saturated heterocycles. The summed E-state index contributed by atoms with van der Waals surface area (Å²) >= 11 is 0. The number of ether oxygens (including phenoxy) is 1. The van der Waals surface area contributed by atoms with E-state index in [9.17, 15) is 0 Å². The summed E-state index contributed by atoms with van der Waals surface area (Å²) in [5, 5.41) is 0. The van der Waals surface area contributed by atoms with Gasteiger partial charge in [0.25, 0.3) is 0 Å². The van der Waals surface area contributed by atoms with Crippen molar-refractivity contribution >= 4 is 0 Å². The third kappa shape index (κ3) is 2.30. The molecule has 1 aromatic heterocycles. The molecule has 0 saturated carbocycles. The monoisotopic (exact) mass is 192 g/mol. The summed E-state index contributed by atoms with van der Waals surface area (Å²) in [4.78, 5) is 4.31. The molecule has 14 heavy (non-hydrogen) atoms. The maximum Gasteiger partial charge on any atom is 0.0620 e. The Labute approximate surface area is 84.3 Å². The number of nitrogens with zero attached hydrogens (tertiary/aromatic N) is 1. The fraction of sp³-hybridized carbons (Fsp3) is 0.545. The van der Waals surface area contributed by atoms with E-state index in [1.54, 1.807) is 0 Å². The van der Waals surface area contributed by atoms with Crippen LogP contribution < -0.4 is 5.73 Å². The van der Waals surface area contributed by atoms with Crippen LogP contribution in [-0.4, -0.2) is 24.2 Å². The van der Waals surface area contributed by atoms with Gasteiger partial charge in [0.1, 0.15) is 0 Å². The Morgan fingerprint density at radius 3 is 3.14 bits per heavy atom. The standard InChI is InChI=1S/C11H16N2O/c12-11-8-14-6-4-9(11)7-10-3-1-2-5-13-10/h1-3,5,9,11H,4,6-8,12H2. The van der Waals surface area contributed by atoms with Crippen molar-refractivity contribution in [3.63, 3.8) is 0 Å². The largest absolute Gasteiger partial charge is 0.380 e. The molecule has 1 fully saturated rings. The molecule has 0 aromatic carbocycles. The van der Waals surface area contributed by atoms with Crippen LogP contribution in [0.4, 0.5) is 0 Å². The third-order valence-corrected chi connectivity index (χ3v) is 2.75. The summed E-state index contributed by atoms with van der Waals surface area (Å²) in [7, 11) is 0. The molecule has 2 heterocycles. The van der Waals surface area contributed by atoms with Gasteiger partial charge in [-0.2, -0.15) is 0 Å². The summed E-state index contributed by atoms with van der Waals surface area (Å²) in [6.45, 7) is 1.53. The lowest BCUT2D eigenvalue weighted by Gasteiger charge is -2.28. The van der Waals surface area contributed by atoms with Gasteiger partial charge < -0.3 is 10.5 Å². The van der Waals surface area contributed by atoms with Gasteiger partial charge in [-0.1, -0.05) is 6.07 Å². The first kappa shape index (κ1) is 9.62. The Morgan fingerprint density at radius 1 is 1.50 bits per heavy atom. The molecule has 0 bridgehead atoms. The van der Waals surface area contributed by atoms with Crippen LogP contribution in [0.2, 0.25) is 0 Å². The molecule has 2 unspecified atom stereocenters.